The average molecular weight is 267 g/mol. The third-order valence-corrected chi connectivity index (χ3v) is 4.13. The van der Waals surface area contributed by atoms with Crippen molar-refractivity contribution in [3.05, 3.63) is 29.8 Å². The third-order valence-electron chi connectivity index (χ3n) is 3.00. The summed E-state index contributed by atoms with van der Waals surface area (Å²) >= 11 is 0. The lowest BCUT2D eigenvalue weighted by Gasteiger charge is -2.11. The van der Waals surface area contributed by atoms with Gasteiger partial charge in [0.25, 0.3) is 0 Å². The Kier molecular flexibility index (Phi) is 4.01. The van der Waals surface area contributed by atoms with Crippen LogP contribution in [0.2, 0.25) is 0 Å². The lowest BCUT2D eigenvalue weighted by molar-refractivity contribution is 0.334. The minimum atomic E-state index is -3.76. The van der Waals surface area contributed by atoms with E-state index in [1.54, 1.807) is 12.1 Å². The number of nitrogens with zero attached hydrogens (tertiary/aromatic N) is 1. The number of rotatable bonds is 3. The van der Waals surface area contributed by atoms with Crippen LogP contribution < -0.4 is 0 Å². The molecular formula is C13H17NO3S. The molecule has 0 aliphatic heterocycles. The van der Waals surface area contributed by atoms with Gasteiger partial charge in [0.05, 0.1) is 5.71 Å². The van der Waals surface area contributed by atoms with Gasteiger partial charge in [0, 0.05) is 0 Å². The predicted octanol–water partition coefficient (Wildman–Crippen LogP) is 3.02. The van der Waals surface area contributed by atoms with Crippen LogP contribution in [0.25, 0.3) is 0 Å². The summed E-state index contributed by atoms with van der Waals surface area (Å²) in [6.07, 6.45) is 4.98. The van der Waals surface area contributed by atoms with Crippen molar-refractivity contribution in [1.29, 1.82) is 0 Å². The monoisotopic (exact) mass is 267 g/mol. The van der Waals surface area contributed by atoms with Gasteiger partial charge in [-0.2, -0.15) is 8.42 Å². The maximum absolute atomic E-state index is 11.9. The van der Waals surface area contributed by atoms with Gasteiger partial charge in [-0.05, 0) is 44.7 Å². The van der Waals surface area contributed by atoms with Crippen LogP contribution in [0.3, 0.4) is 0 Å². The van der Waals surface area contributed by atoms with Crippen molar-refractivity contribution in [1.82, 2.24) is 0 Å². The highest BCUT2D eigenvalue weighted by Crippen LogP contribution is 2.17. The fourth-order valence-corrected chi connectivity index (χ4v) is 2.66. The number of hydrogen-bond acceptors (Lipinski definition) is 4. The molecule has 0 bridgehead atoms. The minimum absolute atomic E-state index is 0.147. The first-order valence-corrected chi connectivity index (χ1v) is 7.55. The Hall–Kier alpha value is -1.36. The summed E-state index contributed by atoms with van der Waals surface area (Å²) in [5, 5.41) is 3.78. The van der Waals surface area contributed by atoms with Crippen LogP contribution in [0.1, 0.15) is 37.7 Å². The van der Waals surface area contributed by atoms with Gasteiger partial charge in [-0.1, -0.05) is 29.3 Å². The Morgan fingerprint density at radius 1 is 1.06 bits per heavy atom. The topological polar surface area (TPSA) is 55.7 Å². The lowest BCUT2D eigenvalue weighted by atomic mass is 9.99. The van der Waals surface area contributed by atoms with E-state index in [1.165, 1.54) is 18.6 Å². The molecule has 1 aromatic carbocycles. The first kappa shape index (κ1) is 13.1. The highest BCUT2D eigenvalue weighted by Gasteiger charge is 2.16. The molecule has 0 amide bonds. The number of aryl methyl sites for hydroxylation is 1. The van der Waals surface area contributed by atoms with Crippen LogP contribution in [-0.4, -0.2) is 14.1 Å². The summed E-state index contributed by atoms with van der Waals surface area (Å²) < 4.78 is 28.5. The molecule has 5 heteroatoms. The fourth-order valence-electron chi connectivity index (χ4n) is 1.90. The first-order valence-electron chi connectivity index (χ1n) is 6.14. The molecule has 1 aromatic rings. The van der Waals surface area contributed by atoms with E-state index in [1.807, 2.05) is 6.92 Å². The molecule has 18 heavy (non-hydrogen) atoms. The molecule has 4 nitrogen and oxygen atoms in total. The Morgan fingerprint density at radius 3 is 2.28 bits per heavy atom. The zero-order valence-electron chi connectivity index (χ0n) is 10.4. The number of hydrogen-bond donors (Lipinski definition) is 0. The van der Waals surface area contributed by atoms with E-state index >= 15 is 0 Å². The summed E-state index contributed by atoms with van der Waals surface area (Å²) in [6.45, 7) is 1.90. The van der Waals surface area contributed by atoms with E-state index < -0.39 is 10.1 Å². The second-order valence-electron chi connectivity index (χ2n) is 4.56. The van der Waals surface area contributed by atoms with Gasteiger partial charge in [-0.3, -0.25) is 4.28 Å². The molecule has 0 saturated heterocycles. The molecule has 1 fully saturated rings. The number of benzene rings is 1. The minimum Gasteiger partial charge on any atom is -0.265 e. The van der Waals surface area contributed by atoms with Crippen LogP contribution >= 0.6 is 0 Å². The first-order chi connectivity index (χ1) is 8.58. The number of oxime groups is 1. The van der Waals surface area contributed by atoms with E-state index in [9.17, 15) is 8.42 Å². The van der Waals surface area contributed by atoms with Crippen LogP contribution in [-0.2, 0) is 14.4 Å². The Bertz CT molecular complexity index is 524. The molecule has 0 N–H and O–H groups in total. The van der Waals surface area contributed by atoms with Gasteiger partial charge in [0.1, 0.15) is 4.90 Å². The van der Waals surface area contributed by atoms with Crippen molar-refractivity contribution < 1.29 is 12.7 Å². The summed E-state index contributed by atoms with van der Waals surface area (Å²) in [7, 11) is -3.76. The van der Waals surface area contributed by atoms with E-state index in [4.69, 9.17) is 4.28 Å². The van der Waals surface area contributed by atoms with Gasteiger partial charge in [0.2, 0.25) is 0 Å². The van der Waals surface area contributed by atoms with Gasteiger partial charge in [-0.15, -0.1) is 0 Å². The average Bonchev–Trinajstić information content (AvgIpc) is 2.38. The summed E-state index contributed by atoms with van der Waals surface area (Å²) in [4.78, 5) is 0.147. The van der Waals surface area contributed by atoms with Crippen LogP contribution in [0.4, 0.5) is 0 Å². The molecule has 98 valence electrons. The van der Waals surface area contributed by atoms with Crippen molar-refractivity contribution in [2.75, 3.05) is 0 Å². The Labute approximate surface area is 108 Å². The predicted molar refractivity (Wildman–Crippen MR) is 70.0 cm³/mol. The van der Waals surface area contributed by atoms with Gasteiger partial charge >= 0.3 is 10.1 Å². The van der Waals surface area contributed by atoms with Gasteiger partial charge in [-0.25, -0.2) is 0 Å². The standard InChI is InChI=1S/C13H17NO3S/c1-11-7-9-13(10-8-11)18(15,16)17-14-12-5-3-2-4-6-12/h7-10H,2-6H2,1H3. The van der Waals surface area contributed by atoms with Crippen LogP contribution in [0.15, 0.2) is 34.3 Å². The second-order valence-corrected chi connectivity index (χ2v) is 6.09. The maximum Gasteiger partial charge on any atom is 0.358 e. The molecule has 0 spiro atoms. The van der Waals surface area contributed by atoms with E-state index in [-0.39, 0.29) is 4.90 Å². The van der Waals surface area contributed by atoms with Crippen molar-refractivity contribution in [2.24, 2.45) is 5.16 Å². The second kappa shape index (κ2) is 5.52. The van der Waals surface area contributed by atoms with Crippen molar-refractivity contribution >= 4 is 15.8 Å². The fraction of sp³-hybridized carbons (Fsp3) is 0.462. The van der Waals surface area contributed by atoms with E-state index in [0.717, 1.165) is 37.0 Å². The highest BCUT2D eigenvalue weighted by atomic mass is 32.2. The molecule has 1 aliphatic rings. The molecule has 0 unspecified atom stereocenters. The van der Waals surface area contributed by atoms with E-state index in [0.29, 0.717) is 0 Å². The molecule has 1 aliphatic carbocycles. The molecule has 1 saturated carbocycles. The van der Waals surface area contributed by atoms with Crippen molar-refractivity contribution in [2.45, 2.75) is 43.9 Å². The van der Waals surface area contributed by atoms with Gasteiger partial charge in [0.15, 0.2) is 0 Å². The van der Waals surface area contributed by atoms with Crippen LogP contribution in [0.5, 0.6) is 0 Å². The molecule has 0 radical (unpaired) electrons. The van der Waals surface area contributed by atoms with Crippen LogP contribution in [0, 0.1) is 6.92 Å². The smallest absolute Gasteiger partial charge is 0.265 e. The van der Waals surface area contributed by atoms with Crippen molar-refractivity contribution in [3.63, 3.8) is 0 Å². The quantitative estimate of drug-likeness (QED) is 0.791. The zero-order valence-corrected chi connectivity index (χ0v) is 11.2. The Morgan fingerprint density at radius 2 is 1.67 bits per heavy atom. The maximum atomic E-state index is 11.9. The summed E-state index contributed by atoms with van der Waals surface area (Å²) in [5.74, 6) is 0. The lowest BCUT2D eigenvalue weighted by Crippen LogP contribution is -2.08. The van der Waals surface area contributed by atoms with Crippen molar-refractivity contribution in [3.8, 4) is 0 Å². The highest BCUT2D eigenvalue weighted by molar-refractivity contribution is 7.86. The molecular weight excluding hydrogens is 250 g/mol. The van der Waals surface area contributed by atoms with Gasteiger partial charge < -0.3 is 0 Å². The Balaban J connectivity index is 2.09. The zero-order chi connectivity index (χ0) is 13.0. The third kappa shape index (κ3) is 3.32. The van der Waals surface area contributed by atoms with E-state index in [2.05, 4.69) is 5.16 Å². The molecule has 2 rings (SSSR count). The summed E-state index contributed by atoms with van der Waals surface area (Å²) in [6, 6.07) is 6.55. The SMILES string of the molecule is Cc1ccc(S(=O)(=O)ON=C2CCCCC2)cc1. The molecule has 0 heterocycles. The molecule has 0 atom stereocenters. The summed E-state index contributed by atoms with van der Waals surface area (Å²) in [5.41, 5.74) is 1.85. The largest absolute Gasteiger partial charge is 0.358 e. The molecule has 0 aromatic heterocycles. The normalized spacial score (nSPS) is 16.4.